The summed E-state index contributed by atoms with van der Waals surface area (Å²) in [6.07, 6.45) is 0.894. The van der Waals surface area contributed by atoms with Crippen LogP contribution >= 0.6 is 11.6 Å². The van der Waals surface area contributed by atoms with E-state index in [2.05, 4.69) is 19.1 Å². The molecule has 0 spiro atoms. The number of rotatable bonds is 5. The van der Waals surface area contributed by atoms with E-state index >= 15 is 0 Å². The fourth-order valence-electron chi connectivity index (χ4n) is 2.16. The van der Waals surface area contributed by atoms with Gasteiger partial charge >= 0.3 is 0 Å². The molecular formula is C14H20ClNO. The third-order valence-corrected chi connectivity index (χ3v) is 3.09. The van der Waals surface area contributed by atoms with Gasteiger partial charge in [0, 0.05) is 6.04 Å². The molecule has 0 aliphatic rings. The van der Waals surface area contributed by atoms with Gasteiger partial charge in [-0.25, -0.2) is 0 Å². The maximum absolute atomic E-state index is 11.9. The minimum absolute atomic E-state index is 0.00244. The van der Waals surface area contributed by atoms with Crippen LogP contribution in [0.2, 0.25) is 0 Å². The van der Waals surface area contributed by atoms with Gasteiger partial charge in [0.2, 0.25) is 5.91 Å². The third kappa shape index (κ3) is 3.47. The summed E-state index contributed by atoms with van der Waals surface area (Å²) in [7, 11) is 0. The molecule has 1 aromatic rings. The average molecular weight is 254 g/mol. The molecular weight excluding hydrogens is 234 g/mol. The van der Waals surface area contributed by atoms with Gasteiger partial charge in [0.25, 0.3) is 0 Å². The Kier molecular flexibility index (Phi) is 5.49. The van der Waals surface area contributed by atoms with Crippen molar-refractivity contribution >= 4 is 17.5 Å². The summed E-state index contributed by atoms with van der Waals surface area (Å²) in [6, 6.07) is 10.4. The van der Waals surface area contributed by atoms with Crippen molar-refractivity contribution in [3.63, 3.8) is 0 Å². The first-order chi connectivity index (χ1) is 8.11. The first-order valence-corrected chi connectivity index (χ1v) is 6.57. The molecule has 0 unspecified atom stereocenters. The van der Waals surface area contributed by atoms with Crippen molar-refractivity contribution in [2.24, 2.45) is 0 Å². The van der Waals surface area contributed by atoms with Crippen LogP contribution in [0, 0.1) is 0 Å². The fraction of sp³-hybridized carbons (Fsp3) is 0.500. The predicted octanol–water partition coefficient (Wildman–Crippen LogP) is 3.61. The monoisotopic (exact) mass is 253 g/mol. The van der Waals surface area contributed by atoms with Gasteiger partial charge in [-0.1, -0.05) is 37.3 Å². The molecule has 17 heavy (non-hydrogen) atoms. The minimum atomic E-state index is -0.00244. The number of carbonyl (C=O) groups excluding carboxylic acids is 1. The molecule has 0 aromatic heterocycles. The molecule has 0 N–H and O–H groups in total. The molecule has 1 amide bonds. The summed E-state index contributed by atoms with van der Waals surface area (Å²) in [5.41, 5.74) is 1.17. The van der Waals surface area contributed by atoms with Gasteiger partial charge < -0.3 is 4.90 Å². The molecule has 0 fully saturated rings. The number of hydrogen-bond acceptors (Lipinski definition) is 1. The Morgan fingerprint density at radius 2 is 1.88 bits per heavy atom. The van der Waals surface area contributed by atoms with Crippen LogP contribution in [0.15, 0.2) is 30.3 Å². The van der Waals surface area contributed by atoms with Gasteiger partial charge in [-0.2, -0.15) is 0 Å². The molecule has 1 aromatic carbocycles. The second kappa shape index (κ2) is 6.65. The van der Waals surface area contributed by atoms with Crippen molar-refractivity contribution in [2.75, 3.05) is 5.88 Å². The topological polar surface area (TPSA) is 20.3 Å². The summed E-state index contributed by atoms with van der Waals surface area (Å²) < 4.78 is 0. The molecule has 0 aliphatic carbocycles. The Morgan fingerprint density at radius 3 is 2.29 bits per heavy atom. The van der Waals surface area contributed by atoms with E-state index in [1.54, 1.807) is 0 Å². The highest BCUT2D eigenvalue weighted by molar-refractivity contribution is 6.27. The highest BCUT2D eigenvalue weighted by Crippen LogP contribution is 2.26. The lowest BCUT2D eigenvalue weighted by atomic mass is 10.0. The summed E-state index contributed by atoms with van der Waals surface area (Å²) in [4.78, 5) is 13.8. The Balaban J connectivity index is 3.02. The minimum Gasteiger partial charge on any atom is -0.332 e. The number of nitrogens with zero attached hydrogens (tertiary/aromatic N) is 1. The lowest BCUT2D eigenvalue weighted by Crippen LogP contribution is -2.40. The highest BCUT2D eigenvalue weighted by Gasteiger charge is 2.25. The normalized spacial score (nSPS) is 12.5. The van der Waals surface area contributed by atoms with Crippen LogP contribution in [0.4, 0.5) is 0 Å². The maximum atomic E-state index is 11.9. The van der Waals surface area contributed by atoms with Crippen molar-refractivity contribution in [3.05, 3.63) is 35.9 Å². The Morgan fingerprint density at radius 1 is 1.29 bits per heavy atom. The van der Waals surface area contributed by atoms with Crippen LogP contribution in [0.5, 0.6) is 0 Å². The third-order valence-electron chi connectivity index (χ3n) is 2.87. The van der Waals surface area contributed by atoms with Crippen LogP contribution in [-0.4, -0.2) is 22.7 Å². The molecule has 1 atom stereocenters. The van der Waals surface area contributed by atoms with Crippen molar-refractivity contribution < 1.29 is 4.79 Å². The number of halogens is 1. The van der Waals surface area contributed by atoms with E-state index in [-0.39, 0.29) is 23.9 Å². The number of hydrogen-bond donors (Lipinski definition) is 0. The van der Waals surface area contributed by atoms with Crippen LogP contribution in [0.3, 0.4) is 0 Å². The second-order valence-electron chi connectivity index (χ2n) is 4.36. The lowest BCUT2D eigenvalue weighted by Gasteiger charge is -2.34. The highest BCUT2D eigenvalue weighted by atomic mass is 35.5. The molecule has 0 radical (unpaired) electrons. The van der Waals surface area contributed by atoms with Crippen LogP contribution in [-0.2, 0) is 4.79 Å². The molecule has 0 heterocycles. The van der Waals surface area contributed by atoms with E-state index in [0.29, 0.717) is 0 Å². The molecule has 0 saturated heterocycles. The van der Waals surface area contributed by atoms with Crippen molar-refractivity contribution in [1.29, 1.82) is 0 Å². The van der Waals surface area contributed by atoms with Crippen molar-refractivity contribution in [2.45, 2.75) is 39.3 Å². The fourth-order valence-corrected chi connectivity index (χ4v) is 2.30. The molecule has 94 valence electrons. The standard InChI is InChI=1S/C14H20ClNO/c1-4-13(12-8-6-5-7-9-12)16(11(2)3)14(17)10-15/h5-9,11,13H,4,10H2,1-3H3/t13-/m0/s1. The zero-order chi connectivity index (χ0) is 12.8. The van der Waals surface area contributed by atoms with E-state index in [0.717, 1.165) is 6.42 Å². The van der Waals surface area contributed by atoms with Gasteiger partial charge in [0.15, 0.2) is 0 Å². The van der Waals surface area contributed by atoms with E-state index in [9.17, 15) is 4.79 Å². The van der Waals surface area contributed by atoms with E-state index in [1.165, 1.54) is 5.56 Å². The summed E-state index contributed by atoms with van der Waals surface area (Å²) >= 11 is 5.69. The van der Waals surface area contributed by atoms with Gasteiger partial charge in [0.1, 0.15) is 5.88 Å². The predicted molar refractivity (Wildman–Crippen MR) is 72.2 cm³/mol. The van der Waals surface area contributed by atoms with Crippen LogP contribution < -0.4 is 0 Å². The summed E-state index contributed by atoms with van der Waals surface area (Å²) in [5, 5.41) is 0. The van der Waals surface area contributed by atoms with E-state index < -0.39 is 0 Å². The SMILES string of the molecule is CC[C@@H](c1ccccc1)N(C(=O)CCl)C(C)C. The van der Waals surface area contributed by atoms with Crippen molar-refractivity contribution in [1.82, 2.24) is 4.90 Å². The molecule has 3 heteroatoms. The van der Waals surface area contributed by atoms with E-state index in [1.807, 2.05) is 36.9 Å². The molecule has 1 rings (SSSR count). The smallest absolute Gasteiger partial charge is 0.238 e. The summed E-state index contributed by atoms with van der Waals surface area (Å²) in [6.45, 7) is 6.14. The van der Waals surface area contributed by atoms with Crippen LogP contribution in [0.25, 0.3) is 0 Å². The quantitative estimate of drug-likeness (QED) is 0.734. The molecule has 0 aliphatic heterocycles. The largest absolute Gasteiger partial charge is 0.332 e. The Hall–Kier alpha value is -1.02. The lowest BCUT2D eigenvalue weighted by molar-refractivity contribution is -0.133. The number of alkyl halides is 1. The first kappa shape index (κ1) is 14.0. The number of benzene rings is 1. The van der Waals surface area contributed by atoms with Gasteiger partial charge in [-0.05, 0) is 25.8 Å². The zero-order valence-corrected chi connectivity index (χ0v) is 11.4. The number of amides is 1. The van der Waals surface area contributed by atoms with Gasteiger partial charge in [-0.15, -0.1) is 11.6 Å². The van der Waals surface area contributed by atoms with Gasteiger partial charge in [-0.3, -0.25) is 4.79 Å². The molecule has 0 bridgehead atoms. The van der Waals surface area contributed by atoms with Gasteiger partial charge in [0.05, 0.1) is 6.04 Å². The second-order valence-corrected chi connectivity index (χ2v) is 4.63. The zero-order valence-electron chi connectivity index (χ0n) is 10.7. The average Bonchev–Trinajstić information content (AvgIpc) is 2.35. The first-order valence-electron chi connectivity index (χ1n) is 6.03. The van der Waals surface area contributed by atoms with E-state index in [4.69, 9.17) is 11.6 Å². The Bertz CT molecular complexity index is 350. The Labute approximate surface area is 109 Å². The van der Waals surface area contributed by atoms with Crippen LogP contribution in [0.1, 0.15) is 38.8 Å². The number of carbonyl (C=O) groups is 1. The van der Waals surface area contributed by atoms with Crippen molar-refractivity contribution in [3.8, 4) is 0 Å². The molecule has 0 saturated carbocycles. The summed E-state index contributed by atoms with van der Waals surface area (Å²) in [5.74, 6) is 0.0407. The maximum Gasteiger partial charge on any atom is 0.238 e. The molecule has 2 nitrogen and oxygen atoms in total.